The Kier molecular flexibility index (Phi) is 8.39. The Bertz CT molecular complexity index is 1200. The largest absolute Gasteiger partial charge is 0.490 e. The van der Waals surface area contributed by atoms with Crippen LogP contribution in [0.3, 0.4) is 0 Å². The summed E-state index contributed by atoms with van der Waals surface area (Å²) >= 11 is 6.18. The van der Waals surface area contributed by atoms with Crippen LogP contribution in [-0.2, 0) is 11.3 Å². The number of pyridine rings is 1. The van der Waals surface area contributed by atoms with Crippen LogP contribution >= 0.6 is 11.6 Å². The van der Waals surface area contributed by atoms with Crippen molar-refractivity contribution in [2.24, 2.45) is 0 Å². The van der Waals surface area contributed by atoms with E-state index in [-0.39, 0.29) is 12.0 Å². The Balaban J connectivity index is 1.07. The number of hydrogen-bond donors (Lipinski definition) is 0. The summed E-state index contributed by atoms with van der Waals surface area (Å²) in [5.74, 6) is 1.98. The van der Waals surface area contributed by atoms with Crippen molar-refractivity contribution >= 4 is 29.4 Å². The highest BCUT2D eigenvalue weighted by atomic mass is 35.5. The molecule has 1 aromatic heterocycles. The third-order valence-electron chi connectivity index (χ3n) is 7.02. The van der Waals surface area contributed by atoms with Gasteiger partial charge in [-0.15, -0.1) is 0 Å². The monoisotopic (exact) mass is 516 g/mol. The first-order chi connectivity index (χ1) is 18.1. The highest BCUT2D eigenvalue weighted by molar-refractivity contribution is 6.32. The molecule has 2 aliphatic rings. The molecule has 3 aromatic rings. The van der Waals surface area contributed by atoms with Gasteiger partial charge in [-0.25, -0.2) is 4.98 Å². The van der Waals surface area contributed by atoms with Gasteiger partial charge in [-0.1, -0.05) is 48.0 Å². The van der Waals surface area contributed by atoms with Crippen LogP contribution in [0.4, 0.5) is 5.82 Å². The quantitative estimate of drug-likeness (QED) is 0.407. The minimum Gasteiger partial charge on any atom is -0.490 e. The van der Waals surface area contributed by atoms with E-state index >= 15 is 0 Å². The van der Waals surface area contributed by atoms with E-state index in [1.807, 2.05) is 53.6 Å². The lowest BCUT2D eigenvalue weighted by atomic mass is 10.1. The lowest BCUT2D eigenvalue weighted by Gasteiger charge is -2.35. The number of carbonyl (C=O) groups is 1. The zero-order valence-corrected chi connectivity index (χ0v) is 21.8. The van der Waals surface area contributed by atoms with Gasteiger partial charge >= 0.3 is 0 Å². The Hall–Kier alpha value is -3.35. The highest BCUT2D eigenvalue weighted by Crippen LogP contribution is 2.22. The first kappa shape index (κ1) is 25.3. The Morgan fingerprint density at radius 1 is 0.946 bits per heavy atom. The number of piperidine rings is 1. The highest BCUT2D eigenvalue weighted by Gasteiger charge is 2.23. The summed E-state index contributed by atoms with van der Waals surface area (Å²) in [6, 6.07) is 22.0. The summed E-state index contributed by atoms with van der Waals surface area (Å²) in [7, 11) is 0. The first-order valence-corrected chi connectivity index (χ1v) is 13.4. The van der Waals surface area contributed by atoms with Gasteiger partial charge in [0.2, 0.25) is 5.91 Å². The number of rotatable bonds is 7. The number of anilines is 1. The summed E-state index contributed by atoms with van der Waals surface area (Å²) in [5.41, 5.74) is 2.12. The molecule has 0 atom stereocenters. The molecule has 1 amide bonds. The number of aromatic nitrogens is 1. The third-order valence-corrected chi connectivity index (χ3v) is 7.36. The predicted octanol–water partition coefficient (Wildman–Crippen LogP) is 5.14. The van der Waals surface area contributed by atoms with Crippen molar-refractivity contribution in [3.63, 3.8) is 0 Å². The number of nitrogens with zero attached hydrogens (tertiary/aromatic N) is 4. The average molecular weight is 517 g/mol. The molecule has 2 fully saturated rings. The Morgan fingerprint density at radius 2 is 1.73 bits per heavy atom. The minimum absolute atomic E-state index is 0.0171. The number of benzene rings is 2. The Labute approximate surface area is 224 Å². The molecule has 0 radical (unpaired) electrons. The molecule has 2 saturated heterocycles. The molecule has 3 heterocycles. The molecule has 0 bridgehead atoms. The fourth-order valence-corrected chi connectivity index (χ4v) is 5.11. The zero-order chi connectivity index (χ0) is 25.5. The molecular formula is C30H33ClN4O2. The van der Waals surface area contributed by atoms with Crippen LogP contribution in [0.2, 0.25) is 5.02 Å². The molecule has 37 heavy (non-hydrogen) atoms. The molecular weight excluding hydrogens is 484 g/mol. The van der Waals surface area contributed by atoms with Gasteiger partial charge < -0.3 is 14.5 Å². The van der Waals surface area contributed by atoms with E-state index in [0.29, 0.717) is 18.1 Å². The van der Waals surface area contributed by atoms with Gasteiger partial charge in [0.05, 0.1) is 0 Å². The second kappa shape index (κ2) is 12.3. The van der Waals surface area contributed by atoms with Gasteiger partial charge in [-0.2, -0.15) is 0 Å². The van der Waals surface area contributed by atoms with Gasteiger partial charge in [-0.3, -0.25) is 9.69 Å². The summed E-state index contributed by atoms with van der Waals surface area (Å²) in [5, 5.41) is 0.646. The molecule has 2 aliphatic heterocycles. The predicted molar refractivity (Wildman–Crippen MR) is 149 cm³/mol. The summed E-state index contributed by atoms with van der Waals surface area (Å²) in [4.78, 5) is 23.8. The van der Waals surface area contributed by atoms with Crippen molar-refractivity contribution in [3.8, 4) is 5.75 Å². The summed E-state index contributed by atoms with van der Waals surface area (Å²) in [6.07, 6.45) is 7.03. The van der Waals surface area contributed by atoms with Gasteiger partial charge in [0.1, 0.15) is 17.7 Å². The van der Waals surface area contributed by atoms with Crippen molar-refractivity contribution in [2.75, 3.05) is 44.2 Å². The topological polar surface area (TPSA) is 48.9 Å². The van der Waals surface area contributed by atoms with Crippen molar-refractivity contribution in [3.05, 3.63) is 95.2 Å². The van der Waals surface area contributed by atoms with E-state index in [4.69, 9.17) is 16.3 Å². The van der Waals surface area contributed by atoms with Crippen LogP contribution in [0, 0.1) is 0 Å². The molecule has 0 spiro atoms. The maximum Gasteiger partial charge on any atom is 0.246 e. The number of hydrogen-bond acceptors (Lipinski definition) is 5. The number of carbonyl (C=O) groups excluding carboxylic acids is 1. The normalized spacial score (nSPS) is 17.3. The fraction of sp³-hybridized carbons (Fsp3) is 0.333. The Morgan fingerprint density at radius 3 is 2.49 bits per heavy atom. The number of piperazine rings is 1. The fourth-order valence-electron chi connectivity index (χ4n) is 4.91. The van der Waals surface area contributed by atoms with Gasteiger partial charge in [0, 0.05) is 76.0 Å². The molecule has 192 valence electrons. The van der Waals surface area contributed by atoms with Crippen molar-refractivity contribution < 1.29 is 9.53 Å². The molecule has 0 saturated carbocycles. The van der Waals surface area contributed by atoms with Crippen LogP contribution in [0.1, 0.15) is 24.0 Å². The number of halogens is 1. The molecule has 0 N–H and O–H groups in total. The SMILES string of the molecule is O=C(C=Cc1ccccc1Cl)N1CCC(Oc2cccc(CN3CCN(c4ccccn4)CC3)c2)CC1. The molecule has 0 aliphatic carbocycles. The van der Waals surface area contributed by atoms with Crippen LogP contribution in [0.15, 0.2) is 79.0 Å². The second-order valence-electron chi connectivity index (χ2n) is 9.60. The van der Waals surface area contributed by atoms with Crippen molar-refractivity contribution in [1.29, 1.82) is 0 Å². The number of amides is 1. The van der Waals surface area contributed by atoms with Crippen LogP contribution < -0.4 is 9.64 Å². The van der Waals surface area contributed by atoms with E-state index in [1.54, 1.807) is 12.2 Å². The molecule has 6 nitrogen and oxygen atoms in total. The van der Waals surface area contributed by atoms with Gasteiger partial charge in [0.15, 0.2) is 0 Å². The third kappa shape index (κ3) is 6.90. The maximum absolute atomic E-state index is 12.6. The maximum atomic E-state index is 12.6. The van der Waals surface area contributed by atoms with E-state index < -0.39 is 0 Å². The first-order valence-electron chi connectivity index (χ1n) is 13.0. The van der Waals surface area contributed by atoms with Crippen molar-refractivity contribution in [2.45, 2.75) is 25.5 Å². The van der Waals surface area contributed by atoms with Gasteiger partial charge in [0.25, 0.3) is 0 Å². The molecule has 5 rings (SSSR count). The smallest absolute Gasteiger partial charge is 0.246 e. The van der Waals surface area contributed by atoms with Crippen LogP contribution in [0.25, 0.3) is 6.08 Å². The molecule has 2 aromatic carbocycles. The number of ether oxygens (including phenoxy) is 1. The van der Waals surface area contributed by atoms with E-state index in [0.717, 1.165) is 62.7 Å². The van der Waals surface area contributed by atoms with E-state index in [2.05, 4.69) is 39.0 Å². The van der Waals surface area contributed by atoms with E-state index in [9.17, 15) is 4.79 Å². The van der Waals surface area contributed by atoms with E-state index in [1.165, 1.54) is 5.56 Å². The lowest BCUT2D eigenvalue weighted by molar-refractivity contribution is -0.127. The van der Waals surface area contributed by atoms with Gasteiger partial charge in [-0.05, 0) is 47.5 Å². The summed E-state index contributed by atoms with van der Waals surface area (Å²) < 4.78 is 6.32. The lowest BCUT2D eigenvalue weighted by Crippen LogP contribution is -2.46. The summed E-state index contributed by atoms with van der Waals surface area (Å²) in [6.45, 7) is 6.29. The minimum atomic E-state index is 0.0171. The standard InChI is InChI=1S/C30H33ClN4O2/c31-28-9-2-1-7-25(28)11-12-30(36)35-16-13-26(14-17-35)37-27-8-5-6-24(22-27)23-33-18-20-34(21-19-33)29-10-3-4-15-32-29/h1-12,15,22,26H,13-14,16-21,23H2. The van der Waals surface area contributed by atoms with Crippen LogP contribution in [-0.4, -0.2) is 66.1 Å². The van der Waals surface area contributed by atoms with Crippen molar-refractivity contribution in [1.82, 2.24) is 14.8 Å². The van der Waals surface area contributed by atoms with Crippen LogP contribution in [0.5, 0.6) is 5.75 Å². The molecule has 7 heteroatoms. The average Bonchev–Trinajstić information content (AvgIpc) is 2.94. The zero-order valence-electron chi connectivity index (χ0n) is 21.0. The molecule has 0 unspecified atom stereocenters. The number of likely N-dealkylation sites (tertiary alicyclic amines) is 1. The second-order valence-corrected chi connectivity index (χ2v) is 10.0.